The Hall–Kier alpha value is -1.38. The Morgan fingerprint density at radius 3 is 2.79 bits per heavy atom. The van der Waals surface area contributed by atoms with E-state index in [1.54, 1.807) is 0 Å². The van der Waals surface area contributed by atoms with Crippen LogP contribution in [-0.2, 0) is 0 Å². The van der Waals surface area contributed by atoms with E-state index in [9.17, 15) is 0 Å². The van der Waals surface area contributed by atoms with Crippen LogP contribution in [0.15, 0.2) is 24.5 Å². The molecule has 1 atom stereocenters. The van der Waals surface area contributed by atoms with Crippen LogP contribution >= 0.6 is 0 Å². The van der Waals surface area contributed by atoms with Crippen molar-refractivity contribution in [2.75, 3.05) is 5.32 Å². The average Bonchev–Trinajstić information content (AvgIpc) is 2.23. The van der Waals surface area contributed by atoms with E-state index in [1.807, 2.05) is 19.3 Å². The monoisotopic (exact) mass is 189 g/mol. The maximum absolute atomic E-state index is 4.22. The van der Waals surface area contributed by atoms with Crippen LogP contribution in [0, 0.1) is 6.92 Å². The van der Waals surface area contributed by atoms with Gasteiger partial charge in [0.15, 0.2) is 0 Å². The Morgan fingerprint density at radius 1 is 1.36 bits per heavy atom. The van der Waals surface area contributed by atoms with Gasteiger partial charge in [0.25, 0.3) is 0 Å². The van der Waals surface area contributed by atoms with Crippen molar-refractivity contribution < 1.29 is 0 Å². The van der Waals surface area contributed by atoms with Gasteiger partial charge in [0.2, 0.25) is 5.95 Å². The first-order valence-electron chi connectivity index (χ1n) is 5.06. The van der Waals surface area contributed by atoms with E-state index in [0.29, 0.717) is 6.04 Å². The molecule has 1 aliphatic carbocycles. The maximum atomic E-state index is 4.22. The van der Waals surface area contributed by atoms with Crippen molar-refractivity contribution in [1.82, 2.24) is 9.97 Å². The summed E-state index contributed by atoms with van der Waals surface area (Å²) in [6, 6.07) is 0.409. The number of hydrogen-bond acceptors (Lipinski definition) is 3. The van der Waals surface area contributed by atoms with E-state index in [1.165, 1.54) is 19.3 Å². The van der Waals surface area contributed by atoms with E-state index < -0.39 is 0 Å². The highest BCUT2D eigenvalue weighted by Crippen LogP contribution is 2.13. The molecule has 2 rings (SSSR count). The molecule has 0 bridgehead atoms. The van der Waals surface area contributed by atoms with Gasteiger partial charge in [-0.05, 0) is 31.7 Å². The topological polar surface area (TPSA) is 37.8 Å². The summed E-state index contributed by atoms with van der Waals surface area (Å²) < 4.78 is 0. The minimum Gasteiger partial charge on any atom is -0.348 e. The fourth-order valence-corrected chi connectivity index (χ4v) is 1.57. The second-order valence-corrected chi connectivity index (χ2v) is 3.69. The molecule has 0 aliphatic heterocycles. The first-order chi connectivity index (χ1) is 6.84. The standard InChI is InChI=1S/C11H15N3/c1-9-7-12-11(13-8-9)14-10-5-3-2-4-6-10/h3,5,7-8,10H,2,4,6H2,1H3,(H,12,13,14). The van der Waals surface area contributed by atoms with Gasteiger partial charge in [-0.15, -0.1) is 0 Å². The molecule has 1 N–H and O–H groups in total. The van der Waals surface area contributed by atoms with E-state index in [2.05, 4.69) is 27.4 Å². The highest BCUT2D eigenvalue weighted by atomic mass is 15.1. The van der Waals surface area contributed by atoms with Crippen molar-refractivity contribution in [2.45, 2.75) is 32.2 Å². The lowest BCUT2D eigenvalue weighted by atomic mass is 10.0. The Balaban J connectivity index is 1.99. The van der Waals surface area contributed by atoms with Gasteiger partial charge in [0.05, 0.1) is 0 Å². The summed E-state index contributed by atoms with van der Waals surface area (Å²) in [4.78, 5) is 8.43. The van der Waals surface area contributed by atoms with Gasteiger partial charge in [0.1, 0.15) is 0 Å². The zero-order chi connectivity index (χ0) is 9.80. The van der Waals surface area contributed by atoms with Crippen LogP contribution in [0.25, 0.3) is 0 Å². The third-order valence-corrected chi connectivity index (χ3v) is 2.35. The van der Waals surface area contributed by atoms with Crippen molar-refractivity contribution in [3.8, 4) is 0 Å². The lowest BCUT2D eigenvalue weighted by Gasteiger charge is -2.17. The van der Waals surface area contributed by atoms with Gasteiger partial charge >= 0.3 is 0 Å². The number of hydrogen-bond donors (Lipinski definition) is 1. The van der Waals surface area contributed by atoms with Crippen molar-refractivity contribution in [1.29, 1.82) is 0 Å². The van der Waals surface area contributed by atoms with Gasteiger partial charge in [-0.25, -0.2) is 9.97 Å². The fraction of sp³-hybridized carbons (Fsp3) is 0.455. The second-order valence-electron chi connectivity index (χ2n) is 3.69. The Morgan fingerprint density at radius 2 is 2.14 bits per heavy atom. The predicted octanol–water partition coefficient (Wildman–Crippen LogP) is 2.31. The van der Waals surface area contributed by atoms with Gasteiger partial charge in [-0.3, -0.25) is 0 Å². The SMILES string of the molecule is Cc1cnc(NC2C=CCCC2)nc1. The lowest BCUT2D eigenvalue weighted by molar-refractivity contribution is 0.669. The van der Waals surface area contributed by atoms with Gasteiger partial charge in [-0.1, -0.05) is 12.2 Å². The fourth-order valence-electron chi connectivity index (χ4n) is 1.57. The van der Waals surface area contributed by atoms with Gasteiger partial charge < -0.3 is 5.32 Å². The largest absolute Gasteiger partial charge is 0.348 e. The normalized spacial score (nSPS) is 20.8. The molecule has 0 saturated heterocycles. The van der Waals surface area contributed by atoms with E-state index in [-0.39, 0.29) is 0 Å². The number of allylic oxidation sites excluding steroid dienone is 1. The van der Waals surface area contributed by atoms with Crippen LogP contribution in [0.3, 0.4) is 0 Å². The molecule has 3 nitrogen and oxygen atoms in total. The number of nitrogens with one attached hydrogen (secondary N) is 1. The summed E-state index contributed by atoms with van der Waals surface area (Å²) in [5, 5.41) is 3.30. The van der Waals surface area contributed by atoms with Gasteiger partial charge in [-0.2, -0.15) is 0 Å². The van der Waals surface area contributed by atoms with Crippen LogP contribution in [-0.4, -0.2) is 16.0 Å². The molecule has 0 saturated carbocycles. The first kappa shape index (κ1) is 9.19. The summed E-state index contributed by atoms with van der Waals surface area (Å²) in [7, 11) is 0. The van der Waals surface area contributed by atoms with Crippen LogP contribution in [0.2, 0.25) is 0 Å². The van der Waals surface area contributed by atoms with Crippen LogP contribution < -0.4 is 5.32 Å². The molecule has 74 valence electrons. The smallest absolute Gasteiger partial charge is 0.223 e. The molecule has 0 aromatic carbocycles. The summed E-state index contributed by atoms with van der Waals surface area (Å²) in [5.74, 6) is 0.729. The molecule has 1 aromatic rings. The number of anilines is 1. The van der Waals surface area contributed by atoms with E-state index >= 15 is 0 Å². The lowest BCUT2D eigenvalue weighted by Crippen LogP contribution is -2.20. The van der Waals surface area contributed by atoms with Crippen LogP contribution in [0.1, 0.15) is 24.8 Å². The van der Waals surface area contributed by atoms with E-state index in [4.69, 9.17) is 0 Å². The molecule has 14 heavy (non-hydrogen) atoms. The number of aryl methyl sites for hydroxylation is 1. The molecular weight excluding hydrogens is 174 g/mol. The van der Waals surface area contributed by atoms with Crippen molar-refractivity contribution in [3.05, 3.63) is 30.1 Å². The summed E-state index contributed by atoms with van der Waals surface area (Å²) in [6.45, 7) is 1.99. The third kappa shape index (κ3) is 2.31. The number of rotatable bonds is 2. The molecule has 0 amide bonds. The molecule has 0 radical (unpaired) electrons. The Labute approximate surface area is 84.3 Å². The summed E-state index contributed by atoms with van der Waals surface area (Å²) in [6.07, 6.45) is 11.7. The molecule has 1 aromatic heterocycles. The molecule has 1 heterocycles. The van der Waals surface area contributed by atoms with E-state index in [0.717, 1.165) is 11.5 Å². The average molecular weight is 189 g/mol. The highest BCUT2D eigenvalue weighted by molar-refractivity contribution is 5.28. The number of nitrogens with zero attached hydrogens (tertiary/aromatic N) is 2. The molecule has 0 fully saturated rings. The van der Waals surface area contributed by atoms with Crippen molar-refractivity contribution >= 4 is 5.95 Å². The Kier molecular flexibility index (Phi) is 2.77. The molecule has 1 aliphatic rings. The zero-order valence-electron chi connectivity index (χ0n) is 8.40. The van der Waals surface area contributed by atoms with Crippen LogP contribution in [0.5, 0.6) is 0 Å². The first-order valence-corrected chi connectivity index (χ1v) is 5.06. The third-order valence-electron chi connectivity index (χ3n) is 2.35. The molecule has 1 unspecified atom stereocenters. The van der Waals surface area contributed by atoms with Crippen molar-refractivity contribution in [3.63, 3.8) is 0 Å². The van der Waals surface area contributed by atoms with Crippen LogP contribution in [0.4, 0.5) is 5.95 Å². The maximum Gasteiger partial charge on any atom is 0.223 e. The minimum atomic E-state index is 0.409. The Bertz CT molecular complexity index is 316. The zero-order valence-corrected chi connectivity index (χ0v) is 8.40. The predicted molar refractivity (Wildman–Crippen MR) is 57.2 cm³/mol. The summed E-state index contributed by atoms with van der Waals surface area (Å²) >= 11 is 0. The minimum absolute atomic E-state index is 0.409. The van der Waals surface area contributed by atoms with Gasteiger partial charge in [0, 0.05) is 18.4 Å². The molecule has 3 heteroatoms. The molecule has 0 spiro atoms. The molecular formula is C11H15N3. The highest BCUT2D eigenvalue weighted by Gasteiger charge is 2.08. The quantitative estimate of drug-likeness (QED) is 0.725. The van der Waals surface area contributed by atoms with Crippen molar-refractivity contribution in [2.24, 2.45) is 0 Å². The number of aromatic nitrogens is 2. The summed E-state index contributed by atoms with van der Waals surface area (Å²) in [5.41, 5.74) is 1.09. The second kappa shape index (κ2) is 4.22.